The van der Waals surface area contributed by atoms with Gasteiger partial charge in [0.1, 0.15) is 0 Å². The first kappa shape index (κ1) is 15.4. The third-order valence-corrected chi connectivity index (χ3v) is 4.84. The number of thioether (sulfide) groups is 1. The molecule has 1 heterocycles. The van der Waals surface area contributed by atoms with Crippen LogP contribution in [0.25, 0.3) is 0 Å². The van der Waals surface area contributed by atoms with E-state index < -0.39 is 0 Å². The molecule has 1 amide bonds. The fourth-order valence-corrected chi connectivity index (χ4v) is 3.45. The van der Waals surface area contributed by atoms with Crippen molar-refractivity contribution in [3.05, 3.63) is 57.2 Å². The molecule has 0 fully saturated rings. The molecule has 2 rings (SSSR count). The largest absolute Gasteiger partial charge is 0.355 e. The summed E-state index contributed by atoms with van der Waals surface area (Å²) in [6.07, 6.45) is 0.905. The molecule has 0 saturated heterocycles. The Balaban J connectivity index is 1.60. The van der Waals surface area contributed by atoms with E-state index in [-0.39, 0.29) is 5.91 Å². The highest BCUT2D eigenvalue weighted by Gasteiger charge is 2.02. The van der Waals surface area contributed by atoms with Gasteiger partial charge in [0, 0.05) is 22.2 Å². The van der Waals surface area contributed by atoms with Crippen LogP contribution in [-0.2, 0) is 17.0 Å². The van der Waals surface area contributed by atoms with Crippen LogP contribution in [0.3, 0.4) is 0 Å². The molecule has 0 atom stereocenters. The van der Waals surface area contributed by atoms with Gasteiger partial charge in [-0.2, -0.15) is 0 Å². The summed E-state index contributed by atoms with van der Waals surface area (Å²) in [5, 5.41) is 5.73. The Morgan fingerprint density at radius 2 is 2.20 bits per heavy atom. The number of halogens is 1. The lowest BCUT2D eigenvalue weighted by molar-refractivity contribution is -0.118. The second-order valence-electron chi connectivity index (χ2n) is 4.30. The second kappa shape index (κ2) is 8.35. The number of carbonyl (C=O) groups excluding carboxylic acids is 1. The standard InChI is InChI=1S/C15H16ClNOS2/c16-13-4-1-3-12(9-13)10-19-11-15(18)17-7-6-14-5-2-8-20-14/h1-5,8-9H,6-7,10-11H2,(H,17,18). The molecule has 0 radical (unpaired) electrons. The van der Waals surface area contributed by atoms with Crippen LogP contribution in [-0.4, -0.2) is 18.2 Å². The number of thiophene rings is 1. The lowest BCUT2D eigenvalue weighted by Crippen LogP contribution is -2.27. The van der Waals surface area contributed by atoms with E-state index in [9.17, 15) is 4.79 Å². The van der Waals surface area contributed by atoms with Crippen LogP contribution in [0.4, 0.5) is 0 Å². The molecule has 0 spiro atoms. The summed E-state index contributed by atoms with van der Waals surface area (Å²) >= 11 is 9.24. The molecule has 2 aromatic rings. The minimum Gasteiger partial charge on any atom is -0.355 e. The highest BCUT2D eigenvalue weighted by Crippen LogP contribution is 2.16. The predicted molar refractivity (Wildman–Crippen MR) is 88.6 cm³/mol. The van der Waals surface area contributed by atoms with Crippen molar-refractivity contribution in [2.75, 3.05) is 12.3 Å². The Morgan fingerprint density at radius 1 is 1.30 bits per heavy atom. The zero-order valence-corrected chi connectivity index (χ0v) is 13.4. The van der Waals surface area contributed by atoms with E-state index >= 15 is 0 Å². The lowest BCUT2D eigenvalue weighted by atomic mass is 10.2. The first-order valence-corrected chi connectivity index (χ1v) is 8.76. The van der Waals surface area contributed by atoms with Gasteiger partial charge >= 0.3 is 0 Å². The zero-order chi connectivity index (χ0) is 14.2. The molecular weight excluding hydrogens is 310 g/mol. The number of rotatable bonds is 7. The van der Waals surface area contributed by atoms with E-state index in [1.807, 2.05) is 30.3 Å². The monoisotopic (exact) mass is 325 g/mol. The smallest absolute Gasteiger partial charge is 0.230 e. The van der Waals surface area contributed by atoms with Crippen LogP contribution in [0.15, 0.2) is 41.8 Å². The van der Waals surface area contributed by atoms with Crippen molar-refractivity contribution >= 4 is 40.6 Å². The number of nitrogens with one attached hydrogen (secondary N) is 1. The van der Waals surface area contributed by atoms with Crippen molar-refractivity contribution in [2.45, 2.75) is 12.2 Å². The molecule has 106 valence electrons. The Bertz CT molecular complexity index is 543. The van der Waals surface area contributed by atoms with Crippen LogP contribution in [0.1, 0.15) is 10.4 Å². The van der Waals surface area contributed by atoms with Crippen molar-refractivity contribution in [3.63, 3.8) is 0 Å². The number of hydrogen-bond donors (Lipinski definition) is 1. The highest BCUT2D eigenvalue weighted by molar-refractivity contribution is 7.99. The molecule has 1 N–H and O–H groups in total. The maximum absolute atomic E-state index is 11.7. The van der Waals surface area contributed by atoms with E-state index in [1.165, 1.54) is 4.88 Å². The van der Waals surface area contributed by atoms with Crippen LogP contribution < -0.4 is 5.32 Å². The molecule has 20 heavy (non-hydrogen) atoms. The van der Waals surface area contributed by atoms with Gasteiger partial charge < -0.3 is 5.32 Å². The first-order valence-electron chi connectivity index (χ1n) is 6.35. The minimum atomic E-state index is 0.0913. The van der Waals surface area contributed by atoms with Crippen LogP contribution in [0.5, 0.6) is 0 Å². The van der Waals surface area contributed by atoms with E-state index in [0.29, 0.717) is 12.3 Å². The molecule has 1 aromatic carbocycles. The molecule has 0 bridgehead atoms. The molecule has 0 aliphatic heterocycles. The summed E-state index contributed by atoms with van der Waals surface area (Å²) in [6.45, 7) is 0.705. The van der Waals surface area contributed by atoms with Gasteiger partial charge in [-0.15, -0.1) is 23.1 Å². The van der Waals surface area contributed by atoms with E-state index in [4.69, 9.17) is 11.6 Å². The van der Waals surface area contributed by atoms with E-state index in [2.05, 4.69) is 16.8 Å². The van der Waals surface area contributed by atoms with Crippen LogP contribution >= 0.6 is 34.7 Å². The topological polar surface area (TPSA) is 29.1 Å². The molecule has 0 aliphatic rings. The third-order valence-electron chi connectivity index (χ3n) is 2.66. The van der Waals surface area contributed by atoms with Crippen LogP contribution in [0.2, 0.25) is 5.02 Å². The molecular formula is C15H16ClNOS2. The summed E-state index contributed by atoms with van der Waals surface area (Å²) < 4.78 is 0. The van der Waals surface area contributed by atoms with Gasteiger partial charge in [0.2, 0.25) is 5.91 Å². The Hall–Kier alpha value is -0.970. The van der Waals surface area contributed by atoms with Crippen LogP contribution in [0, 0.1) is 0 Å². The average molecular weight is 326 g/mol. The second-order valence-corrected chi connectivity index (χ2v) is 6.76. The summed E-state index contributed by atoms with van der Waals surface area (Å²) in [6, 6.07) is 11.9. The molecule has 1 aromatic heterocycles. The van der Waals surface area contributed by atoms with Gasteiger partial charge in [-0.25, -0.2) is 0 Å². The predicted octanol–water partition coefficient (Wildman–Crippen LogP) is 3.99. The van der Waals surface area contributed by atoms with Gasteiger partial charge in [0.25, 0.3) is 0 Å². The summed E-state index contributed by atoms with van der Waals surface area (Å²) in [5.41, 5.74) is 1.15. The van der Waals surface area contributed by atoms with Gasteiger partial charge in [-0.1, -0.05) is 29.8 Å². The zero-order valence-electron chi connectivity index (χ0n) is 11.0. The van der Waals surface area contributed by atoms with E-state index in [0.717, 1.165) is 22.8 Å². The lowest BCUT2D eigenvalue weighted by Gasteiger charge is -2.05. The van der Waals surface area contributed by atoms with Crippen molar-refractivity contribution < 1.29 is 4.79 Å². The van der Waals surface area contributed by atoms with Crippen molar-refractivity contribution in [1.29, 1.82) is 0 Å². The minimum absolute atomic E-state index is 0.0913. The quantitative estimate of drug-likeness (QED) is 0.834. The van der Waals surface area contributed by atoms with Gasteiger partial charge in [0.15, 0.2) is 0 Å². The maximum atomic E-state index is 11.7. The SMILES string of the molecule is O=C(CSCc1cccc(Cl)c1)NCCc1cccs1. The number of benzene rings is 1. The average Bonchev–Trinajstić information content (AvgIpc) is 2.92. The van der Waals surface area contributed by atoms with E-state index in [1.54, 1.807) is 23.1 Å². The van der Waals surface area contributed by atoms with Gasteiger partial charge in [0.05, 0.1) is 5.75 Å². The molecule has 0 aliphatic carbocycles. The van der Waals surface area contributed by atoms with Crippen molar-refractivity contribution in [2.24, 2.45) is 0 Å². The third kappa shape index (κ3) is 5.57. The molecule has 2 nitrogen and oxygen atoms in total. The molecule has 5 heteroatoms. The van der Waals surface area contributed by atoms with Crippen molar-refractivity contribution in [3.8, 4) is 0 Å². The Morgan fingerprint density at radius 3 is 2.95 bits per heavy atom. The number of carbonyl (C=O) groups is 1. The molecule has 0 unspecified atom stereocenters. The number of hydrogen-bond acceptors (Lipinski definition) is 3. The van der Waals surface area contributed by atoms with Gasteiger partial charge in [-0.3, -0.25) is 4.79 Å². The normalized spacial score (nSPS) is 10.4. The Labute approximate surface area is 132 Å². The summed E-state index contributed by atoms with van der Waals surface area (Å²) in [4.78, 5) is 13.0. The Kier molecular flexibility index (Phi) is 6.43. The van der Waals surface area contributed by atoms with Gasteiger partial charge in [-0.05, 0) is 35.6 Å². The van der Waals surface area contributed by atoms with Crippen molar-refractivity contribution in [1.82, 2.24) is 5.32 Å². The first-order chi connectivity index (χ1) is 9.74. The molecule has 0 saturated carbocycles. The fourth-order valence-electron chi connectivity index (χ4n) is 1.72. The summed E-state index contributed by atoms with van der Waals surface area (Å²) in [5.74, 6) is 1.38. The summed E-state index contributed by atoms with van der Waals surface area (Å²) in [7, 11) is 0. The fraction of sp³-hybridized carbons (Fsp3) is 0.267. The highest BCUT2D eigenvalue weighted by atomic mass is 35.5. The maximum Gasteiger partial charge on any atom is 0.230 e. The number of amides is 1.